The van der Waals surface area contributed by atoms with Gasteiger partial charge in [-0.2, -0.15) is 4.31 Å². The van der Waals surface area contributed by atoms with E-state index in [9.17, 15) is 8.42 Å². The van der Waals surface area contributed by atoms with Crippen molar-refractivity contribution in [2.75, 3.05) is 19.0 Å². The van der Waals surface area contributed by atoms with E-state index in [4.69, 9.17) is 16.3 Å². The maximum absolute atomic E-state index is 12.6. The predicted molar refractivity (Wildman–Crippen MR) is 72.5 cm³/mol. The maximum atomic E-state index is 12.6. The summed E-state index contributed by atoms with van der Waals surface area (Å²) in [6.07, 6.45) is -0.507. The first-order valence-corrected chi connectivity index (χ1v) is 8.39. The normalized spacial score (nSPS) is 25.7. The molecule has 0 spiro atoms. The number of hydrogen-bond donors (Lipinski definition) is 0. The van der Waals surface area contributed by atoms with Crippen LogP contribution in [-0.2, 0) is 21.8 Å². The van der Waals surface area contributed by atoms with Crippen LogP contribution in [-0.4, -0.2) is 58.9 Å². The van der Waals surface area contributed by atoms with Crippen molar-refractivity contribution in [1.82, 2.24) is 19.3 Å². The molecule has 0 aliphatic carbocycles. The first-order chi connectivity index (χ1) is 8.86. The van der Waals surface area contributed by atoms with Crippen LogP contribution in [0.15, 0.2) is 9.63 Å². The summed E-state index contributed by atoms with van der Waals surface area (Å²) in [6.45, 7) is 2.33. The van der Waals surface area contributed by atoms with Gasteiger partial charge in [-0.05, 0) is 22.9 Å². The minimum Gasteiger partial charge on any atom is -0.371 e. The van der Waals surface area contributed by atoms with Crippen molar-refractivity contribution in [3.8, 4) is 0 Å². The van der Waals surface area contributed by atoms with Crippen LogP contribution in [0.2, 0.25) is 0 Å². The Hall–Kier alpha value is -0.220. The van der Waals surface area contributed by atoms with Crippen LogP contribution < -0.4 is 0 Å². The summed E-state index contributed by atoms with van der Waals surface area (Å²) in [4.78, 5) is 0. The molecule has 1 fully saturated rings. The van der Waals surface area contributed by atoms with Gasteiger partial charge in [-0.3, -0.25) is 0 Å². The van der Waals surface area contributed by atoms with E-state index in [1.807, 2.05) is 6.92 Å². The van der Waals surface area contributed by atoms with E-state index >= 15 is 0 Å². The lowest BCUT2D eigenvalue weighted by Crippen LogP contribution is -2.50. The molecule has 108 valence electrons. The lowest BCUT2D eigenvalue weighted by molar-refractivity contribution is -0.0424. The van der Waals surface area contributed by atoms with Gasteiger partial charge in [-0.1, -0.05) is 5.21 Å². The second-order valence-corrected chi connectivity index (χ2v) is 7.27. The van der Waals surface area contributed by atoms with Crippen molar-refractivity contribution in [3.05, 3.63) is 4.60 Å². The molecule has 0 aromatic carbocycles. The highest BCUT2D eigenvalue weighted by Crippen LogP contribution is 2.25. The number of nitrogens with zero attached hydrogens (tertiary/aromatic N) is 4. The molecule has 1 aliphatic rings. The molecule has 2 unspecified atom stereocenters. The van der Waals surface area contributed by atoms with Crippen LogP contribution in [0.1, 0.15) is 6.92 Å². The van der Waals surface area contributed by atoms with E-state index < -0.39 is 10.0 Å². The van der Waals surface area contributed by atoms with Gasteiger partial charge in [0.2, 0.25) is 5.03 Å². The molecule has 19 heavy (non-hydrogen) atoms. The molecule has 0 saturated carbocycles. The summed E-state index contributed by atoms with van der Waals surface area (Å²) in [7, 11) is -2.13. The van der Waals surface area contributed by atoms with Gasteiger partial charge >= 0.3 is 0 Å². The van der Waals surface area contributed by atoms with Gasteiger partial charge in [0.15, 0.2) is 4.60 Å². The molecule has 0 bridgehead atoms. The summed E-state index contributed by atoms with van der Waals surface area (Å²) < 4.78 is 33.5. The van der Waals surface area contributed by atoms with Crippen LogP contribution in [0, 0.1) is 0 Å². The van der Waals surface area contributed by atoms with Crippen molar-refractivity contribution in [3.63, 3.8) is 0 Å². The van der Waals surface area contributed by atoms with Crippen molar-refractivity contribution in [2.24, 2.45) is 7.05 Å². The molecular weight excluding hydrogens is 360 g/mol. The molecule has 1 aliphatic heterocycles. The highest BCUT2D eigenvalue weighted by Gasteiger charge is 2.36. The number of ether oxygens (including phenoxy) is 1. The Morgan fingerprint density at radius 1 is 1.53 bits per heavy atom. The fourth-order valence-corrected chi connectivity index (χ4v) is 4.75. The third kappa shape index (κ3) is 2.94. The van der Waals surface area contributed by atoms with Gasteiger partial charge in [0, 0.05) is 26.0 Å². The second-order valence-electron chi connectivity index (χ2n) is 4.35. The quantitative estimate of drug-likeness (QED) is 0.725. The smallest absolute Gasteiger partial charge is 0.263 e. The maximum Gasteiger partial charge on any atom is 0.263 e. The van der Waals surface area contributed by atoms with E-state index in [0.717, 1.165) is 0 Å². The molecule has 2 rings (SSSR count). The van der Waals surface area contributed by atoms with Crippen LogP contribution in [0.3, 0.4) is 0 Å². The zero-order valence-corrected chi connectivity index (χ0v) is 13.6. The fourth-order valence-electron chi connectivity index (χ4n) is 2.00. The molecular formula is C9H14BrClN4O3S. The Labute approximate surface area is 125 Å². The fraction of sp³-hybridized carbons (Fsp3) is 0.778. The van der Waals surface area contributed by atoms with E-state index in [1.165, 1.54) is 16.0 Å². The first-order valence-electron chi connectivity index (χ1n) is 5.63. The van der Waals surface area contributed by atoms with E-state index in [1.54, 1.807) is 0 Å². The van der Waals surface area contributed by atoms with Crippen LogP contribution in [0.4, 0.5) is 0 Å². The van der Waals surface area contributed by atoms with Crippen molar-refractivity contribution in [1.29, 1.82) is 0 Å². The lowest BCUT2D eigenvalue weighted by atomic mass is 10.3. The number of halogens is 2. The highest BCUT2D eigenvalue weighted by atomic mass is 79.9. The van der Waals surface area contributed by atoms with Crippen LogP contribution in [0.25, 0.3) is 0 Å². The zero-order valence-electron chi connectivity index (χ0n) is 10.5. The minimum absolute atomic E-state index is 0.0370. The van der Waals surface area contributed by atoms with Gasteiger partial charge in [-0.15, -0.1) is 16.7 Å². The third-order valence-corrected chi connectivity index (χ3v) is 5.85. The average Bonchev–Trinajstić information content (AvgIpc) is 2.68. The van der Waals surface area contributed by atoms with Gasteiger partial charge in [0.05, 0.1) is 12.2 Å². The number of hydrogen-bond acceptors (Lipinski definition) is 5. The summed E-state index contributed by atoms with van der Waals surface area (Å²) in [6, 6.07) is 0. The number of morpholine rings is 1. The zero-order chi connectivity index (χ0) is 14.2. The number of aromatic nitrogens is 3. The van der Waals surface area contributed by atoms with Gasteiger partial charge < -0.3 is 4.74 Å². The molecule has 0 radical (unpaired) electrons. The van der Waals surface area contributed by atoms with Crippen molar-refractivity contribution in [2.45, 2.75) is 24.2 Å². The highest BCUT2D eigenvalue weighted by molar-refractivity contribution is 9.10. The summed E-state index contributed by atoms with van der Waals surface area (Å²) in [5, 5.41) is 7.43. The Balaban J connectivity index is 2.34. The second kappa shape index (κ2) is 5.65. The molecule has 2 atom stereocenters. The molecule has 0 amide bonds. The SMILES string of the molecule is CC1CN(S(=O)(=O)c2c(Br)nnn2C)CC(CCl)O1. The van der Waals surface area contributed by atoms with Gasteiger partial charge in [0.1, 0.15) is 0 Å². The summed E-state index contributed by atoms with van der Waals surface area (Å²) in [5.41, 5.74) is 0. The molecule has 0 N–H and O–H groups in total. The monoisotopic (exact) mass is 372 g/mol. The number of alkyl halides is 1. The minimum atomic E-state index is -3.67. The molecule has 1 aromatic rings. The summed E-state index contributed by atoms with van der Waals surface area (Å²) >= 11 is 8.87. The molecule has 2 heterocycles. The largest absolute Gasteiger partial charge is 0.371 e. The number of rotatable bonds is 3. The first kappa shape index (κ1) is 15.2. The molecule has 7 nitrogen and oxygen atoms in total. The summed E-state index contributed by atoms with van der Waals surface area (Å²) in [5.74, 6) is 0.251. The number of aryl methyl sites for hydroxylation is 1. The van der Waals surface area contributed by atoms with Gasteiger partial charge in [0.25, 0.3) is 10.0 Å². The molecule has 1 aromatic heterocycles. The van der Waals surface area contributed by atoms with Crippen LogP contribution in [0.5, 0.6) is 0 Å². The van der Waals surface area contributed by atoms with E-state index in [0.29, 0.717) is 0 Å². The molecule has 10 heteroatoms. The van der Waals surface area contributed by atoms with Crippen molar-refractivity contribution >= 4 is 37.6 Å². The Bertz CT molecular complexity index is 544. The number of sulfonamides is 1. The van der Waals surface area contributed by atoms with Gasteiger partial charge in [-0.25, -0.2) is 13.1 Å². The molecule has 1 saturated heterocycles. The van der Waals surface area contributed by atoms with Crippen molar-refractivity contribution < 1.29 is 13.2 Å². The average molecular weight is 374 g/mol. The third-order valence-electron chi connectivity index (χ3n) is 2.79. The Kier molecular flexibility index (Phi) is 4.51. The standard InChI is InChI=1S/C9H14BrClN4O3S/c1-6-4-15(5-7(3-11)18-6)19(16,17)9-8(10)12-13-14(9)2/h6-7H,3-5H2,1-2H3. The van der Waals surface area contributed by atoms with E-state index in [2.05, 4.69) is 26.2 Å². The lowest BCUT2D eigenvalue weighted by Gasteiger charge is -2.34. The Morgan fingerprint density at radius 3 is 2.74 bits per heavy atom. The van der Waals surface area contributed by atoms with Crippen LogP contribution >= 0.6 is 27.5 Å². The van der Waals surface area contributed by atoms with E-state index in [-0.39, 0.29) is 40.8 Å². The predicted octanol–water partition coefficient (Wildman–Crippen LogP) is 0.594. The topological polar surface area (TPSA) is 77.3 Å². The Morgan fingerprint density at radius 2 is 2.21 bits per heavy atom.